The van der Waals surface area contributed by atoms with Crippen molar-refractivity contribution in [2.45, 2.75) is 13.5 Å². The highest BCUT2D eigenvalue weighted by molar-refractivity contribution is 6.31. The fourth-order valence-corrected chi connectivity index (χ4v) is 3.26. The third-order valence-electron chi connectivity index (χ3n) is 4.82. The van der Waals surface area contributed by atoms with Gasteiger partial charge in [0.15, 0.2) is 11.5 Å². The van der Waals surface area contributed by atoms with Crippen LogP contribution in [0, 0.1) is 6.92 Å². The van der Waals surface area contributed by atoms with Gasteiger partial charge in [0.05, 0.1) is 14.2 Å². The lowest BCUT2D eigenvalue weighted by atomic mass is 10.1. The smallest absolute Gasteiger partial charge is 0.296 e. The molecule has 0 aliphatic carbocycles. The first-order valence-corrected chi connectivity index (χ1v) is 9.70. The van der Waals surface area contributed by atoms with Crippen LogP contribution in [0.5, 0.6) is 17.2 Å². The average molecular weight is 444 g/mol. The van der Waals surface area contributed by atoms with E-state index >= 15 is 0 Å². The number of hydrogen-bond donors (Lipinski definition) is 2. The number of aromatic hydroxyl groups is 1. The SMILES string of the molecule is COc1cccc(OC)c1-c1nc(C(=O)NCc2ccc(C)c(Cl)c2)c(O)c(=O)n1C. The maximum Gasteiger partial charge on any atom is 0.296 e. The summed E-state index contributed by atoms with van der Waals surface area (Å²) < 4.78 is 11.9. The molecule has 0 fully saturated rings. The first-order valence-electron chi connectivity index (χ1n) is 9.33. The number of aryl methyl sites for hydroxylation is 1. The summed E-state index contributed by atoms with van der Waals surface area (Å²) in [5.41, 5.74) is 0.883. The van der Waals surface area contributed by atoms with Gasteiger partial charge < -0.3 is 19.9 Å². The Hall–Kier alpha value is -3.52. The fraction of sp³-hybridized carbons (Fsp3) is 0.227. The topological polar surface area (TPSA) is 103 Å². The van der Waals surface area contributed by atoms with Crippen LogP contribution in [0.2, 0.25) is 5.02 Å². The Kier molecular flexibility index (Phi) is 6.50. The predicted molar refractivity (Wildman–Crippen MR) is 117 cm³/mol. The highest BCUT2D eigenvalue weighted by atomic mass is 35.5. The zero-order valence-electron chi connectivity index (χ0n) is 17.5. The number of benzene rings is 2. The van der Waals surface area contributed by atoms with E-state index in [-0.39, 0.29) is 12.4 Å². The molecule has 162 valence electrons. The lowest BCUT2D eigenvalue weighted by molar-refractivity contribution is 0.0942. The standard InChI is InChI=1S/C22H22ClN3O5/c1-12-8-9-13(10-14(12)23)11-24-21(28)18-19(27)22(29)26(2)20(25-18)17-15(30-3)6-5-7-16(17)31-4/h5-10,27H,11H2,1-4H3,(H,24,28). The molecule has 3 rings (SSSR count). The van der Waals surface area contributed by atoms with E-state index in [1.54, 1.807) is 24.3 Å². The highest BCUT2D eigenvalue weighted by Gasteiger charge is 2.24. The second kappa shape index (κ2) is 9.09. The summed E-state index contributed by atoms with van der Waals surface area (Å²) >= 11 is 6.12. The molecule has 0 bridgehead atoms. The van der Waals surface area contributed by atoms with Crippen molar-refractivity contribution in [2.24, 2.45) is 7.05 Å². The quantitative estimate of drug-likeness (QED) is 0.607. The minimum atomic E-state index is -0.776. The van der Waals surface area contributed by atoms with Crippen molar-refractivity contribution >= 4 is 17.5 Å². The molecule has 0 aliphatic rings. The summed E-state index contributed by atoms with van der Waals surface area (Å²) in [4.78, 5) is 29.7. The van der Waals surface area contributed by atoms with Gasteiger partial charge in [0.25, 0.3) is 11.5 Å². The van der Waals surface area contributed by atoms with E-state index < -0.39 is 22.9 Å². The van der Waals surface area contributed by atoms with Crippen LogP contribution in [0.15, 0.2) is 41.2 Å². The predicted octanol–water partition coefficient (Wildman–Crippen LogP) is 3.06. The monoisotopic (exact) mass is 443 g/mol. The summed E-state index contributed by atoms with van der Waals surface area (Å²) in [6.07, 6.45) is 0. The lowest BCUT2D eigenvalue weighted by Gasteiger charge is -2.16. The summed E-state index contributed by atoms with van der Waals surface area (Å²) in [5.74, 6) is -0.552. The van der Waals surface area contributed by atoms with Crippen LogP contribution in [0.25, 0.3) is 11.4 Å². The number of amides is 1. The molecule has 0 aliphatic heterocycles. The molecule has 0 saturated carbocycles. The molecule has 1 amide bonds. The first-order chi connectivity index (χ1) is 14.8. The van der Waals surface area contributed by atoms with Gasteiger partial charge in [-0.2, -0.15) is 0 Å². The normalized spacial score (nSPS) is 10.6. The van der Waals surface area contributed by atoms with Crippen LogP contribution >= 0.6 is 11.6 Å². The van der Waals surface area contributed by atoms with Gasteiger partial charge in [0.1, 0.15) is 17.1 Å². The third-order valence-corrected chi connectivity index (χ3v) is 5.23. The summed E-state index contributed by atoms with van der Waals surface area (Å²) in [5, 5.41) is 13.5. The van der Waals surface area contributed by atoms with Crippen molar-refractivity contribution in [2.75, 3.05) is 14.2 Å². The fourth-order valence-electron chi connectivity index (χ4n) is 3.06. The number of nitrogens with zero attached hydrogens (tertiary/aromatic N) is 2. The molecule has 8 nitrogen and oxygen atoms in total. The van der Waals surface area contributed by atoms with Crippen LogP contribution in [-0.4, -0.2) is 34.8 Å². The Bertz CT molecular complexity index is 1180. The van der Waals surface area contributed by atoms with Gasteiger partial charge in [-0.15, -0.1) is 0 Å². The van der Waals surface area contributed by atoms with Crippen molar-refractivity contribution in [3.8, 4) is 28.6 Å². The number of aromatic nitrogens is 2. The number of carbonyl (C=O) groups is 1. The van der Waals surface area contributed by atoms with Crippen LogP contribution in [0.1, 0.15) is 21.6 Å². The Morgan fingerprint density at radius 3 is 2.42 bits per heavy atom. The minimum absolute atomic E-state index is 0.112. The van der Waals surface area contributed by atoms with Gasteiger partial charge in [-0.1, -0.05) is 29.8 Å². The van der Waals surface area contributed by atoms with E-state index in [1.165, 1.54) is 21.3 Å². The molecule has 2 aromatic carbocycles. The summed E-state index contributed by atoms with van der Waals surface area (Å²) in [6, 6.07) is 10.5. The number of ether oxygens (including phenoxy) is 2. The second-order valence-corrected chi connectivity index (χ2v) is 7.21. The van der Waals surface area contributed by atoms with Gasteiger partial charge in [-0.25, -0.2) is 4.98 Å². The molecule has 0 saturated heterocycles. The first kappa shape index (κ1) is 22.2. The van der Waals surface area contributed by atoms with E-state index in [4.69, 9.17) is 21.1 Å². The number of methoxy groups -OCH3 is 2. The molecule has 0 atom stereocenters. The van der Waals surface area contributed by atoms with Crippen LogP contribution in [-0.2, 0) is 13.6 Å². The molecule has 3 aromatic rings. The van der Waals surface area contributed by atoms with Crippen LogP contribution in [0.3, 0.4) is 0 Å². The van der Waals surface area contributed by atoms with Crippen molar-refractivity contribution in [3.63, 3.8) is 0 Å². The van der Waals surface area contributed by atoms with E-state index in [2.05, 4.69) is 10.3 Å². The number of hydrogen-bond acceptors (Lipinski definition) is 6. The largest absolute Gasteiger partial charge is 0.501 e. The molecule has 31 heavy (non-hydrogen) atoms. The Balaban J connectivity index is 2.03. The van der Waals surface area contributed by atoms with Crippen molar-refractivity contribution in [1.82, 2.24) is 14.9 Å². The maximum absolute atomic E-state index is 12.8. The van der Waals surface area contributed by atoms with Gasteiger partial charge in [0.2, 0.25) is 5.75 Å². The van der Waals surface area contributed by atoms with E-state index in [0.29, 0.717) is 22.1 Å². The molecular formula is C22H22ClN3O5. The summed E-state index contributed by atoms with van der Waals surface area (Å²) in [7, 11) is 4.38. The number of nitrogens with one attached hydrogen (secondary N) is 1. The lowest BCUT2D eigenvalue weighted by Crippen LogP contribution is -2.29. The molecule has 9 heteroatoms. The van der Waals surface area contributed by atoms with E-state index in [1.807, 2.05) is 19.1 Å². The van der Waals surface area contributed by atoms with Gasteiger partial charge >= 0.3 is 0 Å². The Morgan fingerprint density at radius 2 is 1.84 bits per heavy atom. The molecular weight excluding hydrogens is 422 g/mol. The van der Waals surface area contributed by atoms with E-state index in [9.17, 15) is 14.7 Å². The number of halogens is 1. The van der Waals surface area contributed by atoms with Crippen molar-refractivity contribution < 1.29 is 19.4 Å². The Morgan fingerprint density at radius 1 is 1.19 bits per heavy atom. The van der Waals surface area contributed by atoms with Crippen LogP contribution < -0.4 is 20.3 Å². The Labute approximate surface area is 184 Å². The van der Waals surface area contributed by atoms with Gasteiger partial charge in [-0.3, -0.25) is 14.2 Å². The molecule has 1 aromatic heterocycles. The third kappa shape index (κ3) is 4.34. The number of rotatable bonds is 6. The number of carbonyl (C=O) groups excluding carboxylic acids is 1. The molecule has 0 spiro atoms. The zero-order valence-corrected chi connectivity index (χ0v) is 18.3. The molecule has 0 radical (unpaired) electrons. The van der Waals surface area contributed by atoms with E-state index in [0.717, 1.165) is 15.7 Å². The molecule has 0 unspecified atom stereocenters. The molecule has 2 N–H and O–H groups in total. The van der Waals surface area contributed by atoms with Crippen molar-refractivity contribution in [1.29, 1.82) is 0 Å². The average Bonchev–Trinajstić information content (AvgIpc) is 2.77. The van der Waals surface area contributed by atoms with Gasteiger partial charge in [-0.05, 0) is 36.2 Å². The minimum Gasteiger partial charge on any atom is -0.501 e. The zero-order chi connectivity index (χ0) is 22.7. The van der Waals surface area contributed by atoms with Gasteiger partial charge in [0, 0.05) is 18.6 Å². The summed E-state index contributed by atoms with van der Waals surface area (Å²) in [6.45, 7) is 2.02. The second-order valence-electron chi connectivity index (χ2n) is 6.80. The molecule has 1 heterocycles. The maximum atomic E-state index is 12.8. The van der Waals surface area contributed by atoms with Crippen LogP contribution in [0.4, 0.5) is 0 Å². The highest BCUT2D eigenvalue weighted by Crippen LogP contribution is 2.37. The van der Waals surface area contributed by atoms with Crippen molar-refractivity contribution in [3.05, 3.63) is 68.6 Å².